The number of piperidine rings is 1. The normalized spacial score (nSPS) is 22.9. The summed E-state index contributed by atoms with van der Waals surface area (Å²) in [6.07, 6.45) is 8.50. The van der Waals surface area contributed by atoms with Crippen LogP contribution in [0, 0.1) is 5.41 Å². The van der Waals surface area contributed by atoms with Crippen molar-refractivity contribution in [3.8, 4) is 0 Å². The standard InChI is InChI=1S/C18H18ClN5O2/c19-13-9-21-15(22-10-13)16(25)23-7-2-4-18(12-23)5-8-24(17(18)26)14-3-1-6-20-11-14/h1,3,6,9-11H,2,4-5,7-8,12H2. The van der Waals surface area contributed by atoms with Crippen molar-refractivity contribution < 1.29 is 9.59 Å². The van der Waals surface area contributed by atoms with E-state index in [4.69, 9.17) is 11.6 Å². The summed E-state index contributed by atoms with van der Waals surface area (Å²) >= 11 is 5.79. The van der Waals surface area contributed by atoms with Gasteiger partial charge in [0.25, 0.3) is 5.91 Å². The van der Waals surface area contributed by atoms with Crippen LogP contribution >= 0.6 is 11.6 Å². The molecule has 7 nitrogen and oxygen atoms in total. The van der Waals surface area contributed by atoms with E-state index in [2.05, 4.69) is 15.0 Å². The van der Waals surface area contributed by atoms with E-state index < -0.39 is 5.41 Å². The lowest BCUT2D eigenvalue weighted by Crippen LogP contribution is -2.50. The Morgan fingerprint density at radius 3 is 2.69 bits per heavy atom. The van der Waals surface area contributed by atoms with Crippen molar-refractivity contribution in [2.45, 2.75) is 19.3 Å². The second-order valence-corrected chi connectivity index (χ2v) is 7.19. The molecular formula is C18H18ClN5O2. The smallest absolute Gasteiger partial charge is 0.291 e. The lowest BCUT2D eigenvalue weighted by Gasteiger charge is -2.38. The van der Waals surface area contributed by atoms with Gasteiger partial charge >= 0.3 is 0 Å². The monoisotopic (exact) mass is 371 g/mol. The third-order valence-electron chi connectivity index (χ3n) is 5.15. The molecule has 0 N–H and O–H groups in total. The van der Waals surface area contributed by atoms with Crippen molar-refractivity contribution in [1.82, 2.24) is 19.9 Å². The number of hydrogen-bond donors (Lipinski definition) is 0. The molecular weight excluding hydrogens is 354 g/mol. The molecule has 0 saturated carbocycles. The first kappa shape index (κ1) is 16.9. The molecule has 2 aromatic heterocycles. The number of rotatable bonds is 2. The van der Waals surface area contributed by atoms with E-state index in [1.54, 1.807) is 22.2 Å². The highest BCUT2D eigenvalue weighted by Gasteiger charge is 2.50. The largest absolute Gasteiger partial charge is 0.335 e. The summed E-state index contributed by atoms with van der Waals surface area (Å²) < 4.78 is 0. The van der Waals surface area contributed by atoms with E-state index in [1.807, 2.05) is 12.1 Å². The van der Waals surface area contributed by atoms with Gasteiger partial charge in [0.05, 0.1) is 22.3 Å². The number of hydrogen-bond acceptors (Lipinski definition) is 5. The molecule has 1 atom stereocenters. The van der Waals surface area contributed by atoms with E-state index in [1.165, 1.54) is 12.4 Å². The van der Waals surface area contributed by atoms with Crippen molar-refractivity contribution in [2.75, 3.05) is 24.5 Å². The molecule has 2 saturated heterocycles. The second kappa shape index (κ2) is 6.64. The van der Waals surface area contributed by atoms with Gasteiger partial charge in [-0.3, -0.25) is 14.6 Å². The first-order valence-corrected chi connectivity index (χ1v) is 8.96. The number of aromatic nitrogens is 3. The fourth-order valence-corrected chi connectivity index (χ4v) is 3.93. The van der Waals surface area contributed by atoms with Crippen LogP contribution < -0.4 is 4.90 Å². The van der Waals surface area contributed by atoms with E-state index in [-0.39, 0.29) is 17.6 Å². The maximum atomic E-state index is 13.1. The Bertz CT molecular complexity index is 829. The molecule has 2 aliphatic heterocycles. The minimum atomic E-state index is -0.532. The predicted molar refractivity (Wildman–Crippen MR) is 95.8 cm³/mol. The van der Waals surface area contributed by atoms with Gasteiger partial charge in [-0.15, -0.1) is 0 Å². The van der Waals surface area contributed by atoms with Crippen molar-refractivity contribution in [2.24, 2.45) is 5.41 Å². The molecule has 0 aliphatic carbocycles. The molecule has 1 spiro atoms. The van der Waals surface area contributed by atoms with Crippen LogP contribution in [-0.4, -0.2) is 51.3 Å². The van der Waals surface area contributed by atoms with Gasteiger partial charge in [-0.25, -0.2) is 9.97 Å². The minimum Gasteiger partial charge on any atom is -0.335 e. The zero-order valence-electron chi connectivity index (χ0n) is 14.1. The molecule has 0 radical (unpaired) electrons. The van der Waals surface area contributed by atoms with Crippen LogP contribution in [0.1, 0.15) is 29.9 Å². The molecule has 26 heavy (non-hydrogen) atoms. The fraction of sp³-hybridized carbons (Fsp3) is 0.389. The summed E-state index contributed by atoms with van der Waals surface area (Å²) in [6.45, 7) is 1.64. The molecule has 4 heterocycles. The van der Waals surface area contributed by atoms with Crippen LogP contribution in [0.3, 0.4) is 0 Å². The van der Waals surface area contributed by atoms with E-state index in [0.29, 0.717) is 24.7 Å². The number of likely N-dealkylation sites (tertiary alicyclic amines) is 1. The summed E-state index contributed by atoms with van der Waals surface area (Å²) in [4.78, 5) is 41.5. The van der Waals surface area contributed by atoms with Crippen LogP contribution in [0.4, 0.5) is 5.69 Å². The highest BCUT2D eigenvalue weighted by atomic mass is 35.5. The van der Waals surface area contributed by atoms with Gasteiger partial charge in [0.15, 0.2) is 0 Å². The molecule has 2 amide bonds. The average Bonchev–Trinajstić information content (AvgIpc) is 2.98. The summed E-state index contributed by atoms with van der Waals surface area (Å²) in [7, 11) is 0. The van der Waals surface area contributed by atoms with Crippen LogP contribution in [0.2, 0.25) is 5.02 Å². The Balaban J connectivity index is 1.54. The van der Waals surface area contributed by atoms with Gasteiger partial charge in [-0.2, -0.15) is 0 Å². The maximum absolute atomic E-state index is 13.1. The Labute approximate surface area is 156 Å². The van der Waals surface area contributed by atoms with Crippen molar-refractivity contribution >= 4 is 29.1 Å². The van der Waals surface area contributed by atoms with Gasteiger partial charge in [0.2, 0.25) is 11.7 Å². The third-order valence-corrected chi connectivity index (χ3v) is 5.34. The molecule has 0 aromatic carbocycles. The molecule has 0 bridgehead atoms. The Hall–Kier alpha value is -2.54. The second-order valence-electron chi connectivity index (χ2n) is 6.75. The highest BCUT2D eigenvalue weighted by molar-refractivity contribution is 6.30. The molecule has 2 aromatic rings. The zero-order chi connectivity index (χ0) is 18.1. The lowest BCUT2D eigenvalue weighted by molar-refractivity contribution is -0.127. The SMILES string of the molecule is O=C(c1ncc(Cl)cn1)N1CCCC2(CCN(c3cccnc3)C2=O)C1. The quantitative estimate of drug-likeness (QED) is 0.808. The van der Waals surface area contributed by atoms with E-state index in [9.17, 15) is 9.59 Å². The van der Waals surface area contributed by atoms with E-state index >= 15 is 0 Å². The van der Waals surface area contributed by atoms with Gasteiger partial charge in [-0.05, 0) is 31.4 Å². The third kappa shape index (κ3) is 2.92. The number of halogens is 1. The number of nitrogens with zero attached hydrogens (tertiary/aromatic N) is 5. The van der Waals surface area contributed by atoms with Crippen LogP contribution in [0.15, 0.2) is 36.9 Å². The fourth-order valence-electron chi connectivity index (χ4n) is 3.83. The number of anilines is 1. The topological polar surface area (TPSA) is 79.3 Å². The van der Waals surface area contributed by atoms with Crippen LogP contribution in [0.5, 0.6) is 0 Å². The highest BCUT2D eigenvalue weighted by Crippen LogP contribution is 2.41. The Morgan fingerprint density at radius 2 is 1.96 bits per heavy atom. The molecule has 134 valence electrons. The van der Waals surface area contributed by atoms with Gasteiger partial charge in [-0.1, -0.05) is 11.6 Å². The molecule has 4 rings (SSSR count). The maximum Gasteiger partial charge on any atom is 0.291 e. The number of pyridine rings is 1. The molecule has 2 fully saturated rings. The molecule has 1 unspecified atom stereocenters. The average molecular weight is 372 g/mol. The van der Waals surface area contributed by atoms with Crippen molar-refractivity contribution in [3.63, 3.8) is 0 Å². The zero-order valence-corrected chi connectivity index (χ0v) is 14.9. The van der Waals surface area contributed by atoms with Crippen LogP contribution in [-0.2, 0) is 4.79 Å². The number of carbonyl (C=O) groups excluding carboxylic acids is 2. The summed E-state index contributed by atoms with van der Waals surface area (Å²) in [5.41, 5.74) is 0.273. The minimum absolute atomic E-state index is 0.0695. The van der Waals surface area contributed by atoms with E-state index in [0.717, 1.165) is 24.9 Å². The first-order chi connectivity index (χ1) is 12.6. The summed E-state index contributed by atoms with van der Waals surface area (Å²) in [5.74, 6) is -0.0746. The lowest BCUT2D eigenvalue weighted by atomic mass is 9.78. The van der Waals surface area contributed by atoms with Crippen LogP contribution in [0.25, 0.3) is 0 Å². The van der Waals surface area contributed by atoms with Gasteiger partial charge in [0.1, 0.15) is 0 Å². The van der Waals surface area contributed by atoms with Crippen molar-refractivity contribution in [1.29, 1.82) is 0 Å². The number of amides is 2. The van der Waals surface area contributed by atoms with Crippen molar-refractivity contribution in [3.05, 3.63) is 47.8 Å². The molecule has 2 aliphatic rings. The Kier molecular flexibility index (Phi) is 4.32. The Morgan fingerprint density at radius 1 is 1.15 bits per heavy atom. The summed E-state index contributed by atoms with van der Waals surface area (Å²) in [6, 6.07) is 3.71. The van der Waals surface area contributed by atoms with Gasteiger partial charge in [0, 0.05) is 38.2 Å². The number of carbonyl (C=O) groups is 2. The molecule has 8 heteroatoms. The van der Waals surface area contributed by atoms with Gasteiger partial charge < -0.3 is 9.80 Å². The predicted octanol–water partition coefficient (Wildman–Crippen LogP) is 2.18. The summed E-state index contributed by atoms with van der Waals surface area (Å²) in [5, 5.41) is 0.384. The first-order valence-electron chi connectivity index (χ1n) is 8.58.